The number of methoxy groups -OCH3 is 1. The molecule has 18 heavy (non-hydrogen) atoms. The zero-order chi connectivity index (χ0) is 13.5. The van der Waals surface area contributed by atoms with Crippen molar-refractivity contribution in [3.05, 3.63) is 35.4 Å². The Balaban J connectivity index is 2.48. The lowest BCUT2D eigenvalue weighted by atomic mass is 10.00. The smallest absolute Gasteiger partial charge is 0.0914 e. The number of aliphatic hydroxyl groups excluding tert-OH is 1. The fourth-order valence-electron chi connectivity index (χ4n) is 1.84. The number of hydrogen-bond acceptors (Lipinski definition) is 3. The number of aliphatic hydroxyl groups is 1. The van der Waals surface area contributed by atoms with Crippen LogP contribution in [0.5, 0.6) is 0 Å². The number of nitrogens with one attached hydrogen (secondary N) is 1. The van der Waals surface area contributed by atoms with Gasteiger partial charge in [0, 0.05) is 19.7 Å². The van der Waals surface area contributed by atoms with Crippen LogP contribution in [0.2, 0.25) is 0 Å². The summed E-state index contributed by atoms with van der Waals surface area (Å²) < 4.78 is 5.04. The Bertz CT molecular complexity index is 335. The summed E-state index contributed by atoms with van der Waals surface area (Å²) in [4.78, 5) is 0. The molecule has 0 aliphatic rings. The fraction of sp³-hybridized carbons (Fsp3) is 0.600. The molecular weight excluding hydrogens is 226 g/mol. The Morgan fingerprint density at radius 3 is 2.17 bits per heavy atom. The van der Waals surface area contributed by atoms with Crippen molar-refractivity contribution in [1.82, 2.24) is 5.32 Å². The molecule has 0 radical (unpaired) electrons. The van der Waals surface area contributed by atoms with Crippen molar-refractivity contribution in [2.24, 2.45) is 0 Å². The van der Waals surface area contributed by atoms with E-state index < -0.39 is 6.10 Å². The van der Waals surface area contributed by atoms with E-state index in [1.54, 1.807) is 7.11 Å². The third-order valence-electron chi connectivity index (χ3n) is 3.06. The van der Waals surface area contributed by atoms with E-state index in [2.05, 4.69) is 31.3 Å². The minimum Gasteiger partial charge on any atom is -0.387 e. The topological polar surface area (TPSA) is 41.5 Å². The van der Waals surface area contributed by atoms with Gasteiger partial charge in [0.1, 0.15) is 0 Å². The molecule has 1 aromatic rings. The number of rotatable bonds is 7. The van der Waals surface area contributed by atoms with E-state index in [9.17, 15) is 5.11 Å². The molecule has 0 aromatic heterocycles. The molecule has 2 atom stereocenters. The molecule has 0 aliphatic carbocycles. The van der Waals surface area contributed by atoms with Crippen LogP contribution in [0, 0.1) is 0 Å². The van der Waals surface area contributed by atoms with Gasteiger partial charge in [-0.2, -0.15) is 0 Å². The maximum Gasteiger partial charge on any atom is 0.0914 e. The van der Waals surface area contributed by atoms with Crippen molar-refractivity contribution in [1.29, 1.82) is 0 Å². The summed E-state index contributed by atoms with van der Waals surface area (Å²) in [7, 11) is 1.68. The van der Waals surface area contributed by atoms with Gasteiger partial charge in [0.2, 0.25) is 0 Å². The summed E-state index contributed by atoms with van der Waals surface area (Å²) in [5.41, 5.74) is 2.25. The maximum atomic E-state index is 10.1. The van der Waals surface area contributed by atoms with E-state index >= 15 is 0 Å². The molecule has 0 fully saturated rings. The number of ether oxygens (including phenoxy) is 1. The summed E-state index contributed by atoms with van der Waals surface area (Å²) in [6.45, 7) is 7.57. The molecular formula is C15H25NO2. The summed E-state index contributed by atoms with van der Waals surface area (Å²) >= 11 is 0. The highest BCUT2D eigenvalue weighted by Crippen LogP contribution is 2.18. The summed E-state index contributed by atoms with van der Waals surface area (Å²) in [5.74, 6) is 0.524. The van der Waals surface area contributed by atoms with E-state index in [0.717, 1.165) is 5.56 Å². The zero-order valence-corrected chi connectivity index (χ0v) is 11.8. The Morgan fingerprint density at radius 2 is 1.67 bits per heavy atom. The van der Waals surface area contributed by atoms with E-state index in [1.165, 1.54) is 5.56 Å². The monoisotopic (exact) mass is 251 g/mol. The standard InChI is InChI=1S/C15H25NO2/c1-11(2)13-5-7-14(8-6-13)15(17)9-16-12(3)10-18-4/h5-8,11-12,15-17H,9-10H2,1-4H3. The van der Waals surface area contributed by atoms with Crippen LogP contribution in [0.1, 0.15) is 43.9 Å². The molecule has 3 nitrogen and oxygen atoms in total. The first kappa shape index (κ1) is 15.2. The molecule has 1 aromatic carbocycles. The van der Waals surface area contributed by atoms with Gasteiger partial charge in [0.15, 0.2) is 0 Å². The predicted octanol–water partition coefficient (Wildman–Crippen LogP) is 2.47. The minimum atomic E-state index is -0.467. The van der Waals surface area contributed by atoms with Crippen LogP contribution in [0.25, 0.3) is 0 Å². The first-order chi connectivity index (χ1) is 8.54. The minimum absolute atomic E-state index is 0.250. The second-order valence-corrected chi connectivity index (χ2v) is 5.10. The van der Waals surface area contributed by atoms with Gasteiger partial charge in [-0.1, -0.05) is 38.1 Å². The molecule has 0 saturated carbocycles. The van der Waals surface area contributed by atoms with Crippen molar-refractivity contribution in [2.75, 3.05) is 20.3 Å². The summed E-state index contributed by atoms with van der Waals surface area (Å²) in [6.07, 6.45) is -0.467. The van der Waals surface area contributed by atoms with Crippen molar-refractivity contribution in [3.63, 3.8) is 0 Å². The molecule has 102 valence electrons. The molecule has 0 amide bonds. The van der Waals surface area contributed by atoms with Gasteiger partial charge in [-0.15, -0.1) is 0 Å². The molecule has 2 unspecified atom stereocenters. The Morgan fingerprint density at radius 1 is 1.11 bits per heavy atom. The highest BCUT2D eigenvalue weighted by Gasteiger charge is 2.09. The molecule has 0 aliphatic heterocycles. The van der Waals surface area contributed by atoms with Crippen LogP contribution in [0.3, 0.4) is 0 Å². The third-order valence-corrected chi connectivity index (χ3v) is 3.06. The van der Waals surface area contributed by atoms with Crippen LogP contribution in [0.4, 0.5) is 0 Å². The predicted molar refractivity (Wildman–Crippen MR) is 74.8 cm³/mol. The Hall–Kier alpha value is -0.900. The second kappa shape index (κ2) is 7.52. The van der Waals surface area contributed by atoms with Crippen LogP contribution >= 0.6 is 0 Å². The SMILES string of the molecule is COCC(C)NCC(O)c1ccc(C(C)C)cc1. The molecule has 0 spiro atoms. The zero-order valence-electron chi connectivity index (χ0n) is 11.8. The van der Waals surface area contributed by atoms with Crippen LogP contribution in [0.15, 0.2) is 24.3 Å². The quantitative estimate of drug-likeness (QED) is 0.782. The van der Waals surface area contributed by atoms with E-state index in [-0.39, 0.29) is 6.04 Å². The van der Waals surface area contributed by atoms with Gasteiger partial charge in [-0.05, 0) is 24.0 Å². The van der Waals surface area contributed by atoms with E-state index in [4.69, 9.17) is 4.74 Å². The molecule has 0 bridgehead atoms. The van der Waals surface area contributed by atoms with Gasteiger partial charge in [-0.3, -0.25) is 0 Å². The van der Waals surface area contributed by atoms with Gasteiger partial charge in [0.25, 0.3) is 0 Å². The van der Waals surface area contributed by atoms with Crippen LogP contribution in [-0.4, -0.2) is 31.4 Å². The average Bonchev–Trinajstić information content (AvgIpc) is 2.36. The summed E-state index contributed by atoms with van der Waals surface area (Å²) in [6, 6.07) is 8.43. The molecule has 0 saturated heterocycles. The molecule has 3 heteroatoms. The lowest BCUT2D eigenvalue weighted by Gasteiger charge is -2.17. The van der Waals surface area contributed by atoms with Crippen LogP contribution < -0.4 is 5.32 Å². The van der Waals surface area contributed by atoms with Gasteiger partial charge < -0.3 is 15.2 Å². The lowest BCUT2D eigenvalue weighted by Crippen LogP contribution is -2.33. The first-order valence-corrected chi connectivity index (χ1v) is 6.54. The van der Waals surface area contributed by atoms with Crippen molar-refractivity contribution >= 4 is 0 Å². The molecule has 0 heterocycles. The van der Waals surface area contributed by atoms with Gasteiger partial charge in [-0.25, -0.2) is 0 Å². The molecule has 2 N–H and O–H groups in total. The Kier molecular flexibility index (Phi) is 6.33. The number of benzene rings is 1. The lowest BCUT2D eigenvalue weighted by molar-refractivity contribution is 0.143. The average molecular weight is 251 g/mol. The second-order valence-electron chi connectivity index (χ2n) is 5.10. The maximum absolute atomic E-state index is 10.1. The van der Waals surface area contributed by atoms with Crippen molar-refractivity contribution < 1.29 is 9.84 Å². The van der Waals surface area contributed by atoms with Crippen molar-refractivity contribution in [2.45, 2.75) is 38.8 Å². The van der Waals surface area contributed by atoms with Crippen LogP contribution in [-0.2, 0) is 4.74 Å². The molecule has 1 rings (SSSR count). The normalized spacial score (nSPS) is 14.8. The third kappa shape index (κ3) is 4.77. The van der Waals surface area contributed by atoms with E-state index in [0.29, 0.717) is 19.1 Å². The first-order valence-electron chi connectivity index (χ1n) is 6.54. The highest BCUT2D eigenvalue weighted by atomic mass is 16.5. The van der Waals surface area contributed by atoms with Gasteiger partial charge >= 0.3 is 0 Å². The Labute approximate surface area is 110 Å². The summed E-state index contributed by atoms with van der Waals surface area (Å²) in [5, 5.41) is 13.3. The van der Waals surface area contributed by atoms with Gasteiger partial charge in [0.05, 0.1) is 12.7 Å². The van der Waals surface area contributed by atoms with Crippen molar-refractivity contribution in [3.8, 4) is 0 Å². The highest BCUT2D eigenvalue weighted by molar-refractivity contribution is 5.26. The number of hydrogen-bond donors (Lipinski definition) is 2. The largest absolute Gasteiger partial charge is 0.387 e. The van der Waals surface area contributed by atoms with E-state index in [1.807, 2.05) is 19.1 Å². The fourth-order valence-corrected chi connectivity index (χ4v) is 1.84.